The highest BCUT2D eigenvalue weighted by atomic mass is 16.4. The van der Waals surface area contributed by atoms with Crippen molar-refractivity contribution in [3.63, 3.8) is 0 Å². The van der Waals surface area contributed by atoms with Crippen LogP contribution in [0.2, 0.25) is 0 Å². The van der Waals surface area contributed by atoms with Gasteiger partial charge in [0.2, 0.25) is 0 Å². The molecular formula is C17H16O4. The molecule has 0 spiro atoms. The molecule has 0 fully saturated rings. The Labute approximate surface area is 122 Å². The molecule has 0 atom stereocenters. The Kier molecular flexibility index (Phi) is 4.08. The minimum absolute atomic E-state index is 0.257. The average Bonchev–Trinajstić information content (AvgIpc) is 2.39. The molecule has 108 valence electrons. The number of hydrogen-bond donors (Lipinski definition) is 1. The van der Waals surface area contributed by atoms with Crippen molar-refractivity contribution < 1.29 is 14.3 Å². The molecule has 0 amide bonds. The lowest BCUT2D eigenvalue weighted by molar-refractivity contribution is 0.104. The Bertz CT molecular complexity index is 782. The first-order chi connectivity index (χ1) is 9.88. The Balaban J connectivity index is 2.31. The maximum absolute atomic E-state index is 12.0. The van der Waals surface area contributed by atoms with Crippen LogP contribution in [-0.2, 0) is 0 Å². The zero-order chi connectivity index (χ0) is 15.6. The fraction of sp³-hybridized carbons (Fsp3) is 0.176. The summed E-state index contributed by atoms with van der Waals surface area (Å²) in [4.78, 5) is 23.6. The van der Waals surface area contributed by atoms with Crippen LogP contribution in [0, 0.1) is 20.8 Å². The molecule has 1 N–H and O–H groups in total. The van der Waals surface area contributed by atoms with E-state index in [0.29, 0.717) is 0 Å². The molecule has 0 saturated carbocycles. The van der Waals surface area contributed by atoms with E-state index in [1.54, 1.807) is 6.08 Å². The molecule has 0 aliphatic rings. The summed E-state index contributed by atoms with van der Waals surface area (Å²) in [6.07, 6.45) is 2.86. The van der Waals surface area contributed by atoms with Gasteiger partial charge in [-0.1, -0.05) is 24.3 Å². The molecule has 0 aliphatic carbocycles. The maximum atomic E-state index is 12.0. The molecule has 1 aromatic carbocycles. The molecule has 0 unspecified atom stereocenters. The van der Waals surface area contributed by atoms with E-state index in [4.69, 9.17) is 4.42 Å². The summed E-state index contributed by atoms with van der Waals surface area (Å²) in [7, 11) is 0. The number of benzene rings is 1. The lowest BCUT2D eigenvalue weighted by atomic mass is 10.0. The Morgan fingerprint density at radius 3 is 2.48 bits per heavy atom. The smallest absolute Gasteiger partial charge is 0.351 e. The van der Waals surface area contributed by atoms with Crippen molar-refractivity contribution in [2.75, 3.05) is 0 Å². The van der Waals surface area contributed by atoms with Gasteiger partial charge in [-0.3, -0.25) is 4.79 Å². The summed E-state index contributed by atoms with van der Waals surface area (Å²) in [5.74, 6) is -0.690. The Morgan fingerprint density at radius 1 is 1.14 bits per heavy atom. The SMILES string of the molecule is Cc1cc(O)c(C(=O)/C=C/c2ccc(C)c(C)c2)c(=O)o1. The van der Waals surface area contributed by atoms with E-state index in [2.05, 4.69) is 0 Å². The first-order valence-electron chi connectivity index (χ1n) is 6.52. The maximum Gasteiger partial charge on any atom is 0.351 e. The standard InChI is InChI=1S/C17H16O4/c1-10-4-5-13(8-11(10)2)6-7-14(18)16-15(19)9-12(3)21-17(16)20/h4-9,19H,1-3H3/b7-6+. The molecule has 4 heteroatoms. The molecular weight excluding hydrogens is 268 g/mol. The summed E-state index contributed by atoms with van der Waals surface area (Å²) in [6, 6.07) is 7.02. The number of ketones is 1. The molecule has 0 bridgehead atoms. The van der Waals surface area contributed by atoms with E-state index in [1.165, 1.54) is 19.1 Å². The van der Waals surface area contributed by atoms with Crippen LogP contribution in [0.4, 0.5) is 0 Å². The first-order valence-corrected chi connectivity index (χ1v) is 6.52. The minimum Gasteiger partial charge on any atom is -0.507 e. The lowest BCUT2D eigenvalue weighted by Crippen LogP contribution is -2.12. The van der Waals surface area contributed by atoms with E-state index in [-0.39, 0.29) is 17.1 Å². The molecule has 4 nitrogen and oxygen atoms in total. The van der Waals surface area contributed by atoms with Crippen LogP contribution < -0.4 is 5.63 Å². The number of carbonyl (C=O) groups excluding carboxylic acids is 1. The first kappa shape index (κ1) is 14.8. The highest BCUT2D eigenvalue weighted by molar-refractivity contribution is 6.08. The van der Waals surface area contributed by atoms with Crippen LogP contribution in [0.3, 0.4) is 0 Å². The molecule has 0 saturated heterocycles. The van der Waals surface area contributed by atoms with Gasteiger partial charge in [0.25, 0.3) is 0 Å². The van der Waals surface area contributed by atoms with Gasteiger partial charge >= 0.3 is 5.63 Å². The molecule has 2 rings (SSSR count). The highest BCUT2D eigenvalue weighted by Gasteiger charge is 2.15. The van der Waals surface area contributed by atoms with Gasteiger partial charge in [-0.25, -0.2) is 4.79 Å². The third kappa shape index (κ3) is 3.28. The number of carbonyl (C=O) groups is 1. The van der Waals surface area contributed by atoms with Crippen LogP contribution in [-0.4, -0.2) is 10.9 Å². The van der Waals surface area contributed by atoms with Crippen molar-refractivity contribution in [2.24, 2.45) is 0 Å². The minimum atomic E-state index is -0.831. The fourth-order valence-electron chi connectivity index (χ4n) is 1.95. The van der Waals surface area contributed by atoms with Crippen LogP contribution in [0.5, 0.6) is 5.75 Å². The monoisotopic (exact) mass is 284 g/mol. The molecule has 0 aliphatic heterocycles. The van der Waals surface area contributed by atoms with E-state index in [1.807, 2.05) is 32.0 Å². The van der Waals surface area contributed by atoms with Crippen molar-refractivity contribution in [3.05, 3.63) is 68.8 Å². The van der Waals surface area contributed by atoms with Gasteiger partial charge in [0.1, 0.15) is 17.1 Å². The highest BCUT2D eigenvalue weighted by Crippen LogP contribution is 2.16. The summed E-state index contributed by atoms with van der Waals surface area (Å²) in [5, 5.41) is 9.71. The summed E-state index contributed by atoms with van der Waals surface area (Å²) in [5.41, 5.74) is 1.95. The van der Waals surface area contributed by atoms with Gasteiger partial charge < -0.3 is 9.52 Å². The van der Waals surface area contributed by atoms with Crippen molar-refractivity contribution in [3.8, 4) is 5.75 Å². The molecule has 21 heavy (non-hydrogen) atoms. The number of allylic oxidation sites excluding steroid dienone is 1. The third-order valence-electron chi connectivity index (χ3n) is 3.26. The van der Waals surface area contributed by atoms with Gasteiger partial charge in [-0.05, 0) is 43.5 Å². The predicted molar refractivity (Wildman–Crippen MR) is 80.7 cm³/mol. The molecule has 2 aromatic rings. The zero-order valence-corrected chi connectivity index (χ0v) is 12.1. The average molecular weight is 284 g/mol. The second-order valence-corrected chi connectivity index (χ2v) is 4.95. The third-order valence-corrected chi connectivity index (χ3v) is 3.26. The van der Waals surface area contributed by atoms with Crippen LogP contribution in [0.1, 0.15) is 32.8 Å². The van der Waals surface area contributed by atoms with Crippen molar-refractivity contribution in [1.82, 2.24) is 0 Å². The normalized spacial score (nSPS) is 11.0. The van der Waals surface area contributed by atoms with Gasteiger partial charge in [-0.2, -0.15) is 0 Å². The number of hydrogen-bond acceptors (Lipinski definition) is 4. The van der Waals surface area contributed by atoms with Crippen molar-refractivity contribution in [1.29, 1.82) is 0 Å². The summed E-state index contributed by atoms with van der Waals surface area (Å²) in [6.45, 7) is 5.51. The second kappa shape index (κ2) is 5.79. The molecule has 1 aromatic heterocycles. The topological polar surface area (TPSA) is 67.5 Å². The number of aromatic hydroxyl groups is 1. The largest absolute Gasteiger partial charge is 0.507 e. The zero-order valence-electron chi connectivity index (χ0n) is 12.1. The molecule has 1 heterocycles. The second-order valence-electron chi connectivity index (χ2n) is 4.95. The van der Waals surface area contributed by atoms with Crippen molar-refractivity contribution >= 4 is 11.9 Å². The van der Waals surface area contributed by atoms with Gasteiger partial charge in [0.05, 0.1) is 0 Å². The number of aryl methyl sites for hydroxylation is 3. The summed E-state index contributed by atoms with van der Waals surface area (Å²) >= 11 is 0. The van der Waals surface area contributed by atoms with Gasteiger partial charge in [0.15, 0.2) is 5.78 Å². The fourth-order valence-corrected chi connectivity index (χ4v) is 1.95. The van der Waals surface area contributed by atoms with Crippen LogP contribution in [0.25, 0.3) is 6.08 Å². The molecule has 0 radical (unpaired) electrons. The van der Waals surface area contributed by atoms with E-state index < -0.39 is 11.4 Å². The van der Waals surface area contributed by atoms with Gasteiger partial charge in [0, 0.05) is 6.07 Å². The quantitative estimate of drug-likeness (QED) is 0.694. The Hall–Kier alpha value is -2.62. The number of rotatable bonds is 3. The van der Waals surface area contributed by atoms with E-state index in [0.717, 1.165) is 16.7 Å². The van der Waals surface area contributed by atoms with Gasteiger partial charge in [-0.15, -0.1) is 0 Å². The van der Waals surface area contributed by atoms with Crippen molar-refractivity contribution in [2.45, 2.75) is 20.8 Å². The van der Waals surface area contributed by atoms with E-state index in [9.17, 15) is 14.7 Å². The lowest BCUT2D eigenvalue weighted by Gasteiger charge is -2.01. The Morgan fingerprint density at radius 2 is 1.86 bits per heavy atom. The van der Waals surface area contributed by atoms with Crippen LogP contribution >= 0.6 is 0 Å². The predicted octanol–water partition coefficient (Wildman–Crippen LogP) is 3.17. The van der Waals surface area contributed by atoms with E-state index >= 15 is 0 Å². The van der Waals surface area contributed by atoms with Crippen LogP contribution in [0.15, 0.2) is 39.6 Å². The summed E-state index contributed by atoms with van der Waals surface area (Å²) < 4.78 is 4.83.